The van der Waals surface area contributed by atoms with Crippen molar-refractivity contribution in [2.75, 3.05) is 26.4 Å². The molecule has 0 aromatic heterocycles. The molecule has 0 radical (unpaired) electrons. The number of aliphatic hydroxyl groups is 15. The van der Waals surface area contributed by atoms with Gasteiger partial charge in [-0.2, -0.15) is 0 Å². The van der Waals surface area contributed by atoms with E-state index in [0.717, 1.165) is 6.92 Å². The van der Waals surface area contributed by atoms with Crippen LogP contribution >= 0.6 is 0 Å². The molecule has 26 heteroatoms. The van der Waals surface area contributed by atoms with E-state index < -0.39 is 180 Å². The molecule has 24 atom stereocenters. The molecule has 0 aliphatic carbocycles. The second-order valence-electron chi connectivity index (χ2n) is 14.3. The zero-order chi connectivity index (χ0) is 43.3. The quantitative estimate of drug-likeness (QED) is 0.0604. The van der Waals surface area contributed by atoms with Gasteiger partial charge < -0.3 is 125 Å². The first-order valence-electron chi connectivity index (χ1n) is 18.2. The topological polar surface area (TPSA) is 423 Å². The first-order chi connectivity index (χ1) is 27.3. The number of hydrogen-bond acceptors (Lipinski definition) is 25. The second kappa shape index (κ2) is 21.3. The van der Waals surface area contributed by atoms with Crippen LogP contribution in [0.15, 0.2) is 0 Å². The lowest BCUT2D eigenvalue weighted by Gasteiger charge is -2.51. The third kappa shape index (κ3) is 10.6. The monoisotopic (exact) mass is 853 g/mol. The van der Waals surface area contributed by atoms with Gasteiger partial charge in [0.2, 0.25) is 5.91 Å². The fraction of sp³-hybridized carbons (Fsp3) is 0.938. The molecule has 0 saturated carbocycles. The first-order valence-corrected chi connectivity index (χ1v) is 18.2. The van der Waals surface area contributed by atoms with Gasteiger partial charge in [-0.15, -0.1) is 0 Å². The summed E-state index contributed by atoms with van der Waals surface area (Å²) in [6.45, 7) is -1.73. The Morgan fingerprint density at radius 3 is 1.67 bits per heavy atom. The third-order valence-corrected chi connectivity index (χ3v) is 10.2. The minimum absolute atomic E-state index is 0.122. The Morgan fingerprint density at radius 2 is 1.12 bits per heavy atom. The highest BCUT2D eigenvalue weighted by Crippen LogP contribution is 2.36. The molecule has 26 nitrogen and oxygen atoms in total. The summed E-state index contributed by atoms with van der Waals surface area (Å²) in [4.78, 5) is 23.9. The van der Waals surface area contributed by atoms with Crippen LogP contribution in [0.2, 0.25) is 0 Å². The lowest BCUT2D eigenvalue weighted by atomic mass is 9.93. The molecule has 0 spiro atoms. The lowest BCUT2D eigenvalue weighted by Crippen LogP contribution is -2.71. The maximum atomic E-state index is 12.7. The van der Waals surface area contributed by atoms with Gasteiger partial charge in [0, 0.05) is 6.92 Å². The SMILES string of the molecule is CC(=O)N[C@H]1[C@H](O[C@H]2[C@@H](O)[C@@H](CO)O[C@@H](O[C@@H]([C@H](O)[C@@H](O)C=O)[C@H](O)CO)[C@@H]2O)O[C@H](CO)[C@@H](O[C@@H]2O[C@H](CO)[C@H](O)[C@H](O)[C@H]2O)[C@@H]1O[C@@H]1O[C@@H](C)[C@@H](O)[C@@H](O)[C@@H]1O. The normalized spacial score (nSPS) is 45.8. The number of carbonyl (C=O) groups is 2. The van der Waals surface area contributed by atoms with Crippen LogP contribution in [0.1, 0.15) is 13.8 Å². The Hall–Kier alpha value is -1.78. The largest absolute Gasteiger partial charge is 0.394 e. The fourth-order valence-corrected chi connectivity index (χ4v) is 6.91. The van der Waals surface area contributed by atoms with Crippen molar-refractivity contribution in [1.82, 2.24) is 5.32 Å². The highest BCUT2D eigenvalue weighted by Gasteiger charge is 2.57. The van der Waals surface area contributed by atoms with E-state index in [0.29, 0.717) is 0 Å². The van der Waals surface area contributed by atoms with Gasteiger partial charge in [-0.3, -0.25) is 4.79 Å². The van der Waals surface area contributed by atoms with Crippen LogP contribution in [-0.4, -0.2) is 262 Å². The first kappa shape index (κ1) is 48.9. The third-order valence-electron chi connectivity index (χ3n) is 10.2. The highest BCUT2D eigenvalue weighted by molar-refractivity contribution is 5.73. The van der Waals surface area contributed by atoms with Crippen LogP contribution < -0.4 is 5.32 Å². The molecule has 4 aliphatic heterocycles. The Bertz CT molecular complexity index is 1290. The van der Waals surface area contributed by atoms with Crippen LogP contribution in [0.5, 0.6) is 0 Å². The molecule has 4 rings (SSSR count). The summed E-state index contributed by atoms with van der Waals surface area (Å²) >= 11 is 0. The maximum absolute atomic E-state index is 12.7. The number of rotatable bonds is 17. The zero-order valence-electron chi connectivity index (χ0n) is 31.1. The Labute approximate surface area is 329 Å². The predicted molar refractivity (Wildman–Crippen MR) is 178 cm³/mol. The number of amides is 1. The molecule has 0 aromatic rings. The second-order valence-corrected chi connectivity index (χ2v) is 14.3. The van der Waals surface area contributed by atoms with Crippen molar-refractivity contribution < 1.29 is 124 Å². The molecule has 338 valence electrons. The molecule has 0 bridgehead atoms. The van der Waals surface area contributed by atoms with Gasteiger partial charge in [0.1, 0.15) is 116 Å². The summed E-state index contributed by atoms with van der Waals surface area (Å²) < 4.78 is 45.8. The van der Waals surface area contributed by atoms with Gasteiger partial charge in [-0.1, -0.05) is 0 Å². The van der Waals surface area contributed by atoms with Crippen molar-refractivity contribution in [2.24, 2.45) is 0 Å². The van der Waals surface area contributed by atoms with Gasteiger partial charge in [-0.05, 0) is 6.92 Å². The minimum Gasteiger partial charge on any atom is -0.394 e. The van der Waals surface area contributed by atoms with Crippen molar-refractivity contribution in [1.29, 1.82) is 0 Å². The van der Waals surface area contributed by atoms with Crippen LogP contribution in [-0.2, 0) is 47.5 Å². The number of aliphatic hydroxyl groups excluding tert-OH is 15. The summed E-state index contributed by atoms with van der Waals surface area (Å²) in [5.74, 6) is -0.857. The van der Waals surface area contributed by atoms with Gasteiger partial charge in [0.05, 0.1) is 32.5 Å². The lowest BCUT2D eigenvalue weighted by molar-refractivity contribution is -0.388. The molecular formula is C32H55NO25. The molecule has 4 heterocycles. The summed E-state index contributed by atoms with van der Waals surface area (Å²) in [5.41, 5.74) is 0. The summed E-state index contributed by atoms with van der Waals surface area (Å²) in [6.07, 6.45) is -43.9. The van der Waals surface area contributed by atoms with Crippen molar-refractivity contribution in [2.45, 2.75) is 161 Å². The van der Waals surface area contributed by atoms with E-state index in [1.807, 2.05) is 0 Å². The molecule has 0 aromatic carbocycles. The number of ether oxygens (including phenoxy) is 8. The van der Waals surface area contributed by atoms with E-state index in [1.54, 1.807) is 0 Å². The van der Waals surface area contributed by atoms with E-state index in [9.17, 15) is 86.2 Å². The Balaban J connectivity index is 1.75. The molecule has 4 saturated heterocycles. The molecule has 16 N–H and O–H groups in total. The molecule has 4 aliphatic rings. The number of carbonyl (C=O) groups excluding carboxylic acids is 2. The summed E-state index contributed by atoms with van der Waals surface area (Å²) in [7, 11) is 0. The minimum atomic E-state index is -2.23. The predicted octanol–water partition coefficient (Wildman–Crippen LogP) is -10.9. The van der Waals surface area contributed by atoms with Gasteiger partial charge in [0.15, 0.2) is 31.4 Å². The van der Waals surface area contributed by atoms with Crippen molar-refractivity contribution in [3.05, 3.63) is 0 Å². The van der Waals surface area contributed by atoms with E-state index in [1.165, 1.54) is 6.92 Å². The standard InChI is InChI=1S/C32H55NO25/c1-8-16(42)20(46)22(48)30(51-8)57-27-15(33-9(2)39)29(54-14(7-38)26(27)56-31-23(49)21(47)18(44)12(5-36)52-31)58-28-19(45)13(6-37)53-32(24(28)50)55-25(11(41)4-35)17(43)10(40)3-34/h3,8,10-32,35-38,40-50H,4-7H2,1-2H3,(H,33,39)/t8-,10-,11+,12+,13+,14+,15+,16+,17+,18-,19-,20+,21-,22-,23+,24+,25+,26+,27+,28-,29-,30-,31-,32-/m0/s1. The molecular weight excluding hydrogens is 798 g/mol. The van der Waals surface area contributed by atoms with Gasteiger partial charge in [-0.25, -0.2) is 0 Å². The van der Waals surface area contributed by atoms with E-state index >= 15 is 0 Å². The average Bonchev–Trinajstić information content (AvgIpc) is 3.20. The van der Waals surface area contributed by atoms with Crippen LogP contribution in [0, 0.1) is 0 Å². The fourth-order valence-electron chi connectivity index (χ4n) is 6.91. The van der Waals surface area contributed by atoms with Crippen LogP contribution in [0.3, 0.4) is 0 Å². The van der Waals surface area contributed by atoms with E-state index in [4.69, 9.17) is 37.9 Å². The number of nitrogens with one attached hydrogen (secondary N) is 1. The maximum Gasteiger partial charge on any atom is 0.217 e. The van der Waals surface area contributed by atoms with Crippen molar-refractivity contribution >= 4 is 12.2 Å². The van der Waals surface area contributed by atoms with Crippen molar-refractivity contribution in [3.8, 4) is 0 Å². The van der Waals surface area contributed by atoms with E-state index in [2.05, 4.69) is 5.32 Å². The van der Waals surface area contributed by atoms with E-state index in [-0.39, 0.29) is 6.29 Å². The van der Waals surface area contributed by atoms with Crippen LogP contribution in [0.4, 0.5) is 0 Å². The van der Waals surface area contributed by atoms with Gasteiger partial charge in [0.25, 0.3) is 0 Å². The Morgan fingerprint density at radius 1 is 0.621 bits per heavy atom. The summed E-state index contributed by atoms with van der Waals surface area (Å²) in [5, 5.41) is 159. The zero-order valence-corrected chi connectivity index (χ0v) is 31.1. The molecule has 4 fully saturated rings. The van der Waals surface area contributed by atoms with Crippen LogP contribution in [0.25, 0.3) is 0 Å². The molecule has 58 heavy (non-hydrogen) atoms. The smallest absolute Gasteiger partial charge is 0.217 e. The molecule has 1 amide bonds. The average molecular weight is 854 g/mol. The summed E-state index contributed by atoms with van der Waals surface area (Å²) in [6, 6.07) is -1.77. The highest BCUT2D eigenvalue weighted by atomic mass is 16.8. The van der Waals surface area contributed by atoms with Crippen molar-refractivity contribution in [3.63, 3.8) is 0 Å². The number of hydrogen-bond donors (Lipinski definition) is 16. The Kier molecular flexibility index (Phi) is 18.0. The number of aldehydes is 1. The molecule has 0 unspecified atom stereocenters. The van der Waals surface area contributed by atoms with Gasteiger partial charge >= 0.3 is 0 Å².